The molecule has 7 heteroatoms. The van der Waals surface area contributed by atoms with E-state index in [-0.39, 0.29) is 5.91 Å². The minimum atomic E-state index is 0.000266. The summed E-state index contributed by atoms with van der Waals surface area (Å²) < 4.78 is 5.01. The highest BCUT2D eigenvalue weighted by atomic mass is 16.3. The first-order valence-corrected chi connectivity index (χ1v) is 9.34. The SMILES string of the molecule is Cc1ccc(Nc2cc(C)nc(N3CCN(C(=O)c4ccoc4)CC3)n2)cc1. The van der Waals surface area contributed by atoms with Gasteiger partial charge in [0.1, 0.15) is 12.1 Å². The van der Waals surface area contributed by atoms with Gasteiger partial charge in [0.15, 0.2) is 0 Å². The van der Waals surface area contributed by atoms with Gasteiger partial charge in [-0.25, -0.2) is 4.98 Å². The number of hydrogen-bond donors (Lipinski definition) is 1. The molecule has 0 radical (unpaired) electrons. The summed E-state index contributed by atoms with van der Waals surface area (Å²) in [4.78, 5) is 25.7. The maximum Gasteiger partial charge on any atom is 0.257 e. The Morgan fingerprint density at radius 1 is 1.04 bits per heavy atom. The number of aromatic nitrogens is 2. The number of rotatable bonds is 4. The molecule has 1 amide bonds. The van der Waals surface area contributed by atoms with E-state index in [0.29, 0.717) is 37.7 Å². The molecule has 0 spiro atoms. The molecule has 1 aliphatic heterocycles. The number of furan rings is 1. The largest absolute Gasteiger partial charge is 0.472 e. The van der Waals surface area contributed by atoms with E-state index in [1.807, 2.05) is 30.0 Å². The lowest BCUT2D eigenvalue weighted by atomic mass is 10.2. The van der Waals surface area contributed by atoms with Crippen molar-refractivity contribution < 1.29 is 9.21 Å². The molecule has 1 fully saturated rings. The average molecular weight is 377 g/mol. The van der Waals surface area contributed by atoms with Gasteiger partial charge in [-0.15, -0.1) is 0 Å². The van der Waals surface area contributed by atoms with Crippen molar-refractivity contribution in [1.82, 2.24) is 14.9 Å². The number of amides is 1. The second kappa shape index (κ2) is 7.72. The molecule has 2 aromatic heterocycles. The summed E-state index contributed by atoms with van der Waals surface area (Å²) in [5, 5.41) is 3.34. The molecule has 3 heterocycles. The van der Waals surface area contributed by atoms with E-state index < -0.39 is 0 Å². The van der Waals surface area contributed by atoms with Crippen molar-refractivity contribution in [2.24, 2.45) is 0 Å². The van der Waals surface area contributed by atoms with Crippen LogP contribution in [0.3, 0.4) is 0 Å². The van der Waals surface area contributed by atoms with Gasteiger partial charge >= 0.3 is 0 Å². The smallest absolute Gasteiger partial charge is 0.257 e. The number of nitrogens with one attached hydrogen (secondary N) is 1. The highest BCUT2D eigenvalue weighted by Gasteiger charge is 2.24. The lowest BCUT2D eigenvalue weighted by Gasteiger charge is -2.34. The van der Waals surface area contributed by atoms with E-state index in [1.165, 1.54) is 18.1 Å². The maximum absolute atomic E-state index is 12.4. The fourth-order valence-corrected chi connectivity index (χ4v) is 3.22. The Bertz CT molecular complexity index is 945. The second-order valence-electron chi connectivity index (χ2n) is 6.98. The van der Waals surface area contributed by atoms with E-state index in [0.717, 1.165) is 17.2 Å². The first kappa shape index (κ1) is 18.0. The molecule has 0 saturated carbocycles. The van der Waals surface area contributed by atoms with Crippen molar-refractivity contribution in [2.75, 3.05) is 36.4 Å². The molecule has 4 rings (SSSR count). The molecule has 28 heavy (non-hydrogen) atoms. The molecule has 144 valence electrons. The molecule has 1 aromatic carbocycles. The number of benzene rings is 1. The Morgan fingerprint density at radius 2 is 1.79 bits per heavy atom. The third-order valence-electron chi connectivity index (χ3n) is 4.78. The molecule has 0 bridgehead atoms. The molecule has 1 N–H and O–H groups in total. The number of anilines is 3. The monoisotopic (exact) mass is 377 g/mol. The van der Waals surface area contributed by atoms with Crippen LogP contribution in [0.5, 0.6) is 0 Å². The Balaban J connectivity index is 1.44. The Morgan fingerprint density at radius 3 is 2.46 bits per heavy atom. The summed E-state index contributed by atoms with van der Waals surface area (Å²) in [5.74, 6) is 1.45. The van der Waals surface area contributed by atoms with Gasteiger partial charge in [-0.1, -0.05) is 17.7 Å². The number of hydrogen-bond acceptors (Lipinski definition) is 6. The molecular weight excluding hydrogens is 354 g/mol. The van der Waals surface area contributed by atoms with Gasteiger partial charge in [0.05, 0.1) is 11.8 Å². The van der Waals surface area contributed by atoms with Gasteiger partial charge in [0, 0.05) is 43.6 Å². The molecule has 0 unspecified atom stereocenters. The molecule has 7 nitrogen and oxygen atoms in total. The zero-order valence-corrected chi connectivity index (χ0v) is 16.1. The van der Waals surface area contributed by atoms with E-state index in [2.05, 4.69) is 39.2 Å². The zero-order valence-electron chi connectivity index (χ0n) is 16.1. The van der Waals surface area contributed by atoms with E-state index in [4.69, 9.17) is 4.42 Å². The van der Waals surface area contributed by atoms with Gasteiger partial charge in [-0.2, -0.15) is 4.98 Å². The van der Waals surface area contributed by atoms with Crippen molar-refractivity contribution in [3.8, 4) is 0 Å². The topological polar surface area (TPSA) is 74.5 Å². The molecule has 0 aliphatic carbocycles. The normalized spacial score (nSPS) is 14.2. The second-order valence-corrected chi connectivity index (χ2v) is 6.98. The van der Waals surface area contributed by atoms with E-state index in [1.54, 1.807) is 6.07 Å². The standard InChI is InChI=1S/C21H23N5O2/c1-15-3-5-18(6-4-15)23-19-13-16(2)22-21(24-19)26-10-8-25(9-11-26)20(27)17-7-12-28-14-17/h3-7,12-14H,8-11H2,1-2H3,(H,22,23,24). The number of nitrogens with zero attached hydrogens (tertiary/aromatic N) is 4. The van der Waals surface area contributed by atoms with Crippen LogP contribution in [0.15, 0.2) is 53.3 Å². The van der Waals surface area contributed by atoms with Gasteiger partial charge in [0.25, 0.3) is 5.91 Å². The first-order chi connectivity index (χ1) is 13.6. The lowest BCUT2D eigenvalue weighted by Crippen LogP contribution is -2.49. The van der Waals surface area contributed by atoms with Gasteiger partial charge in [-0.05, 0) is 32.0 Å². The molecule has 0 atom stereocenters. The van der Waals surface area contributed by atoms with Crippen LogP contribution in [-0.2, 0) is 0 Å². The predicted molar refractivity (Wildman–Crippen MR) is 108 cm³/mol. The highest BCUT2D eigenvalue weighted by Crippen LogP contribution is 2.20. The third kappa shape index (κ3) is 3.98. The van der Waals surface area contributed by atoms with Gasteiger partial charge in [0.2, 0.25) is 5.95 Å². The van der Waals surface area contributed by atoms with Crippen molar-refractivity contribution in [3.05, 3.63) is 65.7 Å². The molecule has 1 aliphatic rings. The van der Waals surface area contributed by atoms with Gasteiger partial charge in [-0.3, -0.25) is 4.79 Å². The van der Waals surface area contributed by atoms with Crippen LogP contribution in [0, 0.1) is 13.8 Å². The summed E-state index contributed by atoms with van der Waals surface area (Å²) in [6.45, 7) is 6.66. The number of carbonyl (C=O) groups is 1. The Hall–Kier alpha value is -3.35. The fourth-order valence-electron chi connectivity index (χ4n) is 3.22. The molecular formula is C21H23N5O2. The van der Waals surface area contributed by atoms with E-state index in [9.17, 15) is 4.79 Å². The van der Waals surface area contributed by atoms with Crippen molar-refractivity contribution in [3.63, 3.8) is 0 Å². The minimum absolute atomic E-state index is 0.000266. The Kier molecular flexibility index (Phi) is 4.97. The summed E-state index contributed by atoms with van der Waals surface area (Å²) in [6.07, 6.45) is 3.01. The summed E-state index contributed by atoms with van der Waals surface area (Å²) in [6, 6.07) is 11.8. The number of aryl methyl sites for hydroxylation is 2. The maximum atomic E-state index is 12.4. The van der Waals surface area contributed by atoms with Crippen LogP contribution >= 0.6 is 0 Å². The van der Waals surface area contributed by atoms with Gasteiger partial charge < -0.3 is 19.5 Å². The van der Waals surface area contributed by atoms with Crippen LogP contribution in [0.2, 0.25) is 0 Å². The summed E-state index contributed by atoms with van der Waals surface area (Å²) >= 11 is 0. The van der Waals surface area contributed by atoms with Crippen molar-refractivity contribution >= 4 is 23.4 Å². The van der Waals surface area contributed by atoms with E-state index >= 15 is 0 Å². The minimum Gasteiger partial charge on any atom is -0.472 e. The number of piperazine rings is 1. The van der Waals surface area contributed by atoms with Crippen LogP contribution < -0.4 is 10.2 Å². The van der Waals surface area contributed by atoms with Crippen molar-refractivity contribution in [1.29, 1.82) is 0 Å². The van der Waals surface area contributed by atoms with Crippen LogP contribution in [0.1, 0.15) is 21.6 Å². The van der Waals surface area contributed by atoms with Crippen LogP contribution in [0.25, 0.3) is 0 Å². The molecule has 3 aromatic rings. The molecule has 1 saturated heterocycles. The van der Waals surface area contributed by atoms with Crippen LogP contribution in [0.4, 0.5) is 17.5 Å². The third-order valence-corrected chi connectivity index (χ3v) is 4.78. The fraction of sp³-hybridized carbons (Fsp3) is 0.286. The average Bonchev–Trinajstić information content (AvgIpc) is 3.24. The summed E-state index contributed by atoms with van der Waals surface area (Å²) in [5.41, 5.74) is 3.69. The van der Waals surface area contributed by atoms with Crippen LogP contribution in [-0.4, -0.2) is 47.0 Å². The summed E-state index contributed by atoms with van der Waals surface area (Å²) in [7, 11) is 0. The quantitative estimate of drug-likeness (QED) is 0.751. The first-order valence-electron chi connectivity index (χ1n) is 9.34. The highest BCUT2D eigenvalue weighted by molar-refractivity contribution is 5.94. The predicted octanol–water partition coefficient (Wildman–Crippen LogP) is 3.39. The Labute approximate surface area is 164 Å². The lowest BCUT2D eigenvalue weighted by molar-refractivity contribution is 0.0745. The zero-order chi connectivity index (χ0) is 19.5. The van der Waals surface area contributed by atoms with Crippen molar-refractivity contribution in [2.45, 2.75) is 13.8 Å². The number of carbonyl (C=O) groups excluding carboxylic acids is 1.